The highest BCUT2D eigenvalue weighted by molar-refractivity contribution is 5.82. The third-order valence-electron chi connectivity index (χ3n) is 1.84. The predicted octanol–water partition coefficient (Wildman–Crippen LogP) is 3.60. The molecule has 0 saturated carbocycles. The zero-order valence-corrected chi connectivity index (χ0v) is 10.5. The van der Waals surface area contributed by atoms with Crippen LogP contribution in [0.2, 0.25) is 0 Å². The fraction of sp³-hybridized carbons (Fsp3) is 0.267. The average molecular weight is 230 g/mol. The molecule has 0 radical (unpaired) electrons. The molecule has 0 atom stereocenters. The summed E-state index contributed by atoms with van der Waals surface area (Å²) in [6.45, 7) is 5.54. The second-order valence-corrected chi connectivity index (χ2v) is 4.66. The Labute approximate surface area is 103 Å². The van der Waals surface area contributed by atoms with Gasteiger partial charge in [-0.2, -0.15) is 0 Å². The number of hydrogen-bond acceptors (Lipinski definition) is 2. The number of benzene rings is 1. The molecule has 1 rings (SSSR count). The molecule has 1 aromatic carbocycles. The molecule has 0 aliphatic heterocycles. The third kappa shape index (κ3) is 6.36. The number of esters is 1. The Balaban J connectivity index is 2.46. The van der Waals surface area contributed by atoms with Crippen LogP contribution in [0.5, 0.6) is 0 Å². The maximum absolute atomic E-state index is 11.3. The summed E-state index contributed by atoms with van der Waals surface area (Å²) in [6.07, 6.45) is 6.85. The molecule has 0 bridgehead atoms. The number of hydrogen-bond donors (Lipinski definition) is 0. The van der Waals surface area contributed by atoms with Gasteiger partial charge in [0, 0.05) is 6.08 Å². The van der Waals surface area contributed by atoms with Gasteiger partial charge in [0.2, 0.25) is 0 Å². The lowest BCUT2D eigenvalue weighted by molar-refractivity contribution is -0.148. The van der Waals surface area contributed by atoms with E-state index in [0.717, 1.165) is 5.56 Å². The fourth-order valence-corrected chi connectivity index (χ4v) is 1.20. The molecule has 0 saturated heterocycles. The molecule has 2 nitrogen and oxygen atoms in total. The highest BCUT2D eigenvalue weighted by Gasteiger charge is 2.13. The molecule has 0 fully saturated rings. The first-order valence-electron chi connectivity index (χ1n) is 5.60. The van der Waals surface area contributed by atoms with Crippen molar-refractivity contribution in [3.8, 4) is 0 Å². The quantitative estimate of drug-likeness (QED) is 0.450. The smallest absolute Gasteiger partial charge is 0.331 e. The number of rotatable bonds is 3. The minimum absolute atomic E-state index is 0.324. The summed E-state index contributed by atoms with van der Waals surface area (Å²) >= 11 is 0. The monoisotopic (exact) mass is 230 g/mol. The summed E-state index contributed by atoms with van der Waals surface area (Å²) < 4.78 is 5.13. The van der Waals surface area contributed by atoms with E-state index in [1.54, 1.807) is 6.08 Å². The van der Waals surface area contributed by atoms with Crippen LogP contribution in [0.25, 0.3) is 6.08 Å². The maximum Gasteiger partial charge on any atom is 0.331 e. The van der Waals surface area contributed by atoms with Crippen molar-refractivity contribution in [1.29, 1.82) is 0 Å². The molecule has 0 unspecified atom stereocenters. The number of carbonyl (C=O) groups is 1. The molecule has 0 N–H and O–H groups in total. The molecule has 0 heterocycles. The van der Waals surface area contributed by atoms with E-state index in [1.807, 2.05) is 63.3 Å². The first-order chi connectivity index (χ1) is 7.97. The van der Waals surface area contributed by atoms with E-state index < -0.39 is 5.60 Å². The second-order valence-electron chi connectivity index (χ2n) is 4.66. The minimum atomic E-state index is -0.440. The summed E-state index contributed by atoms with van der Waals surface area (Å²) in [5.74, 6) is -0.324. The standard InChI is InChI=1S/C15H18O2/c1-15(2,3)17-14(16)12-8-7-11-13-9-5-4-6-10-13/h4-12H,1-3H3/b11-7-,12-8+. The molecule has 0 aliphatic rings. The Bertz CT molecular complexity index is 408. The van der Waals surface area contributed by atoms with Gasteiger partial charge in [-0.1, -0.05) is 48.6 Å². The van der Waals surface area contributed by atoms with Gasteiger partial charge in [0.05, 0.1) is 0 Å². The van der Waals surface area contributed by atoms with Gasteiger partial charge < -0.3 is 4.74 Å². The Kier molecular flexibility index (Phi) is 4.70. The molecule has 2 heteroatoms. The zero-order chi connectivity index (χ0) is 12.7. The van der Waals surface area contributed by atoms with Crippen LogP contribution < -0.4 is 0 Å². The molecular formula is C15H18O2. The average Bonchev–Trinajstić information content (AvgIpc) is 2.23. The lowest BCUT2D eigenvalue weighted by Crippen LogP contribution is -2.22. The van der Waals surface area contributed by atoms with Gasteiger partial charge >= 0.3 is 5.97 Å². The van der Waals surface area contributed by atoms with Crippen molar-refractivity contribution in [2.24, 2.45) is 0 Å². The van der Waals surface area contributed by atoms with Gasteiger partial charge in [-0.05, 0) is 26.3 Å². The van der Waals surface area contributed by atoms with E-state index in [2.05, 4.69) is 0 Å². The van der Waals surface area contributed by atoms with E-state index in [1.165, 1.54) is 6.08 Å². The second kappa shape index (κ2) is 6.04. The van der Waals surface area contributed by atoms with Crippen LogP contribution >= 0.6 is 0 Å². The van der Waals surface area contributed by atoms with Gasteiger partial charge in [-0.15, -0.1) is 0 Å². The highest BCUT2D eigenvalue weighted by Crippen LogP contribution is 2.07. The van der Waals surface area contributed by atoms with Crippen LogP contribution in [0.4, 0.5) is 0 Å². The number of carbonyl (C=O) groups excluding carboxylic acids is 1. The third-order valence-corrected chi connectivity index (χ3v) is 1.84. The van der Waals surface area contributed by atoms with Gasteiger partial charge in [-0.25, -0.2) is 4.79 Å². The van der Waals surface area contributed by atoms with Gasteiger partial charge in [0.1, 0.15) is 5.60 Å². The van der Waals surface area contributed by atoms with Gasteiger partial charge in [0.15, 0.2) is 0 Å². The molecule has 0 amide bonds. The minimum Gasteiger partial charge on any atom is -0.457 e. The number of ether oxygens (including phenoxy) is 1. The van der Waals surface area contributed by atoms with E-state index in [9.17, 15) is 4.79 Å². The highest BCUT2D eigenvalue weighted by atomic mass is 16.6. The summed E-state index contributed by atoms with van der Waals surface area (Å²) in [7, 11) is 0. The van der Waals surface area contributed by atoms with Crippen molar-refractivity contribution in [3.05, 3.63) is 54.1 Å². The summed E-state index contributed by atoms with van der Waals surface area (Å²) in [6, 6.07) is 9.90. The van der Waals surface area contributed by atoms with Gasteiger partial charge in [0.25, 0.3) is 0 Å². The summed E-state index contributed by atoms with van der Waals surface area (Å²) in [5.41, 5.74) is 0.659. The summed E-state index contributed by atoms with van der Waals surface area (Å²) in [5, 5.41) is 0. The first-order valence-corrected chi connectivity index (χ1v) is 5.60. The van der Waals surface area contributed by atoms with E-state index >= 15 is 0 Å². The zero-order valence-electron chi connectivity index (χ0n) is 10.5. The topological polar surface area (TPSA) is 26.3 Å². The molecular weight excluding hydrogens is 212 g/mol. The lowest BCUT2D eigenvalue weighted by atomic mass is 10.2. The van der Waals surface area contributed by atoms with Crippen molar-refractivity contribution in [1.82, 2.24) is 0 Å². The molecule has 1 aromatic rings. The van der Waals surface area contributed by atoms with Crippen LogP contribution in [-0.4, -0.2) is 11.6 Å². The number of allylic oxidation sites excluding steroid dienone is 2. The maximum atomic E-state index is 11.3. The van der Waals surface area contributed by atoms with Crippen molar-refractivity contribution in [2.75, 3.05) is 0 Å². The van der Waals surface area contributed by atoms with Gasteiger partial charge in [-0.3, -0.25) is 0 Å². The predicted molar refractivity (Wildman–Crippen MR) is 70.5 cm³/mol. The van der Waals surface area contributed by atoms with Crippen LogP contribution in [0.1, 0.15) is 26.3 Å². The first kappa shape index (κ1) is 13.2. The molecule has 0 spiro atoms. The van der Waals surface area contributed by atoms with Crippen LogP contribution in [0, 0.1) is 0 Å². The van der Waals surface area contributed by atoms with Crippen molar-refractivity contribution >= 4 is 12.0 Å². The van der Waals surface area contributed by atoms with Crippen molar-refractivity contribution < 1.29 is 9.53 Å². The van der Waals surface area contributed by atoms with Crippen molar-refractivity contribution in [2.45, 2.75) is 26.4 Å². The van der Waals surface area contributed by atoms with Crippen molar-refractivity contribution in [3.63, 3.8) is 0 Å². The fourth-order valence-electron chi connectivity index (χ4n) is 1.20. The lowest BCUT2D eigenvalue weighted by Gasteiger charge is -2.17. The van der Waals surface area contributed by atoms with Crippen LogP contribution in [-0.2, 0) is 9.53 Å². The Morgan fingerprint density at radius 3 is 2.35 bits per heavy atom. The Hall–Kier alpha value is -1.83. The largest absolute Gasteiger partial charge is 0.457 e. The van der Waals surface area contributed by atoms with E-state index in [0.29, 0.717) is 0 Å². The van der Waals surface area contributed by atoms with E-state index in [4.69, 9.17) is 4.74 Å². The molecule has 17 heavy (non-hydrogen) atoms. The van der Waals surface area contributed by atoms with Crippen LogP contribution in [0.15, 0.2) is 48.6 Å². The normalized spacial score (nSPS) is 12.2. The molecule has 0 aromatic heterocycles. The molecule has 0 aliphatic carbocycles. The Morgan fingerprint density at radius 2 is 1.76 bits per heavy atom. The van der Waals surface area contributed by atoms with Crippen LogP contribution in [0.3, 0.4) is 0 Å². The Morgan fingerprint density at radius 1 is 1.12 bits per heavy atom. The summed E-state index contributed by atoms with van der Waals surface area (Å²) in [4.78, 5) is 11.3. The SMILES string of the molecule is CC(C)(C)OC(=O)/C=C/C=C\c1ccccc1. The molecule has 90 valence electrons. The van der Waals surface area contributed by atoms with E-state index in [-0.39, 0.29) is 5.97 Å².